The molecule has 8 heteroatoms. The fourth-order valence-electron chi connectivity index (χ4n) is 5.85. The maximum Gasteiger partial charge on any atom is 0.248 e. The lowest BCUT2D eigenvalue weighted by atomic mass is 10.0. The number of anilines is 1. The molecule has 2 amide bonds. The molecule has 0 radical (unpaired) electrons. The SMILES string of the molecule is CC1CCN(C2=CC3N=CN(c4ccc(OC5C[C@H]6CC[C@@H](C5)N6C)cc4)C(=O)C3S2)C1=O. The Morgan fingerprint density at radius 2 is 1.76 bits per heavy atom. The highest BCUT2D eigenvalue weighted by Crippen LogP contribution is 2.42. The van der Waals surface area contributed by atoms with E-state index in [1.807, 2.05) is 42.2 Å². The van der Waals surface area contributed by atoms with Crippen LogP contribution in [0.4, 0.5) is 5.69 Å². The Hall–Kier alpha value is -2.32. The van der Waals surface area contributed by atoms with Gasteiger partial charge in [-0.25, -0.2) is 0 Å². The first-order valence-electron chi connectivity index (χ1n) is 12.0. The van der Waals surface area contributed by atoms with Crippen molar-refractivity contribution >= 4 is 35.6 Å². The van der Waals surface area contributed by atoms with Gasteiger partial charge in [0.05, 0.1) is 23.1 Å². The van der Waals surface area contributed by atoms with E-state index in [9.17, 15) is 9.59 Å². The summed E-state index contributed by atoms with van der Waals surface area (Å²) in [5.41, 5.74) is 0.790. The van der Waals surface area contributed by atoms with Gasteiger partial charge in [-0.05, 0) is 69.5 Å². The molecule has 7 nitrogen and oxygen atoms in total. The number of carbonyl (C=O) groups is 2. The monoisotopic (exact) mass is 466 g/mol. The highest BCUT2D eigenvalue weighted by atomic mass is 32.2. The number of piperidine rings is 1. The summed E-state index contributed by atoms with van der Waals surface area (Å²) in [6.45, 7) is 2.69. The van der Waals surface area contributed by atoms with Gasteiger partial charge in [-0.1, -0.05) is 18.7 Å². The van der Waals surface area contributed by atoms with Crippen LogP contribution in [0.15, 0.2) is 40.4 Å². The third kappa shape index (κ3) is 3.67. The van der Waals surface area contributed by atoms with Crippen LogP contribution in [0.1, 0.15) is 39.0 Å². The molecule has 0 N–H and O–H groups in total. The Morgan fingerprint density at radius 3 is 2.42 bits per heavy atom. The fraction of sp³-hybridized carbons (Fsp3) is 0.560. The summed E-state index contributed by atoms with van der Waals surface area (Å²) in [5, 5.41) is 0.557. The number of likely N-dealkylation sites (tertiary alicyclic amines) is 1. The van der Waals surface area contributed by atoms with Crippen molar-refractivity contribution in [3.8, 4) is 5.75 Å². The van der Waals surface area contributed by atoms with Crippen LogP contribution in [-0.4, -0.2) is 71.0 Å². The Labute approximate surface area is 198 Å². The molecule has 0 aliphatic carbocycles. The second-order valence-corrected chi connectivity index (χ2v) is 11.1. The molecular formula is C25H30N4O3S. The van der Waals surface area contributed by atoms with Crippen molar-refractivity contribution in [2.45, 2.75) is 68.5 Å². The van der Waals surface area contributed by atoms with Gasteiger partial charge in [0.1, 0.15) is 17.1 Å². The number of thioether (sulfide) groups is 1. The first-order chi connectivity index (χ1) is 16.0. The smallest absolute Gasteiger partial charge is 0.248 e. The van der Waals surface area contributed by atoms with E-state index in [-0.39, 0.29) is 35.1 Å². The number of benzene rings is 1. The van der Waals surface area contributed by atoms with Crippen molar-refractivity contribution < 1.29 is 14.3 Å². The number of aliphatic imine (C=N–C) groups is 1. The van der Waals surface area contributed by atoms with Gasteiger partial charge in [0.25, 0.3) is 0 Å². The molecule has 33 heavy (non-hydrogen) atoms. The molecule has 1 aromatic carbocycles. The Kier molecular flexibility index (Phi) is 5.25. The second-order valence-electron chi connectivity index (χ2n) is 9.94. The molecule has 3 saturated heterocycles. The van der Waals surface area contributed by atoms with E-state index in [0.717, 1.165) is 42.3 Å². The molecular weight excluding hydrogens is 436 g/mol. The standard InChI is InChI=1S/C25H30N4O3S/c1-15-9-10-28(24(15)30)22-13-21-23(33-22)25(31)29(14-26-21)16-5-7-19(8-6-16)32-20-11-17-3-4-18(12-20)27(17)2/h5-8,13-15,17-18,20-21,23H,3-4,9-12H2,1-2H3/t15?,17-,18+,20?,21?,23?. The van der Waals surface area contributed by atoms with E-state index >= 15 is 0 Å². The zero-order chi connectivity index (χ0) is 22.7. The first kappa shape index (κ1) is 21.2. The van der Waals surface area contributed by atoms with Gasteiger partial charge in [0.2, 0.25) is 11.8 Å². The summed E-state index contributed by atoms with van der Waals surface area (Å²) in [6, 6.07) is 8.86. The number of rotatable bonds is 4. The maximum absolute atomic E-state index is 13.3. The lowest BCUT2D eigenvalue weighted by molar-refractivity contribution is -0.128. The predicted molar refractivity (Wildman–Crippen MR) is 129 cm³/mol. The molecule has 5 aliphatic heterocycles. The molecule has 6 rings (SSSR count). The fourth-order valence-corrected chi connectivity index (χ4v) is 7.14. The second kappa shape index (κ2) is 8.17. The Bertz CT molecular complexity index is 1010. The summed E-state index contributed by atoms with van der Waals surface area (Å²) in [6.07, 6.45) is 9.45. The number of hydrogen-bond acceptors (Lipinski definition) is 6. The van der Waals surface area contributed by atoms with E-state index in [4.69, 9.17) is 4.74 Å². The normalized spacial score (nSPS) is 35.9. The zero-order valence-corrected chi connectivity index (χ0v) is 19.9. The Balaban J connectivity index is 1.11. The summed E-state index contributed by atoms with van der Waals surface area (Å²) in [4.78, 5) is 36.3. The molecule has 2 bridgehead atoms. The molecule has 0 aromatic heterocycles. The number of hydrogen-bond donors (Lipinski definition) is 0. The minimum Gasteiger partial charge on any atom is -0.490 e. The largest absolute Gasteiger partial charge is 0.490 e. The summed E-state index contributed by atoms with van der Waals surface area (Å²) in [5.74, 6) is 1.06. The molecule has 174 valence electrons. The number of nitrogens with zero attached hydrogens (tertiary/aromatic N) is 4. The summed E-state index contributed by atoms with van der Waals surface area (Å²) >= 11 is 1.47. The van der Waals surface area contributed by atoms with Crippen molar-refractivity contribution in [2.24, 2.45) is 10.9 Å². The van der Waals surface area contributed by atoms with Gasteiger partial charge in [-0.15, -0.1) is 0 Å². The van der Waals surface area contributed by atoms with Crippen molar-refractivity contribution in [1.29, 1.82) is 0 Å². The molecule has 1 aromatic rings. The van der Waals surface area contributed by atoms with Gasteiger partial charge in [0, 0.05) is 24.5 Å². The highest BCUT2D eigenvalue weighted by Gasteiger charge is 2.43. The van der Waals surface area contributed by atoms with Crippen LogP contribution in [0.5, 0.6) is 5.75 Å². The van der Waals surface area contributed by atoms with Gasteiger partial charge < -0.3 is 14.5 Å². The maximum atomic E-state index is 13.3. The van der Waals surface area contributed by atoms with E-state index in [2.05, 4.69) is 16.9 Å². The molecule has 3 fully saturated rings. The van der Waals surface area contributed by atoms with Crippen LogP contribution in [0.3, 0.4) is 0 Å². The van der Waals surface area contributed by atoms with Crippen LogP contribution in [0.2, 0.25) is 0 Å². The van der Waals surface area contributed by atoms with Gasteiger partial charge in [-0.3, -0.25) is 19.5 Å². The van der Waals surface area contributed by atoms with E-state index in [1.54, 1.807) is 11.2 Å². The zero-order valence-electron chi connectivity index (χ0n) is 19.1. The molecule has 0 spiro atoms. The number of ether oxygens (including phenoxy) is 1. The van der Waals surface area contributed by atoms with E-state index in [0.29, 0.717) is 12.1 Å². The summed E-state index contributed by atoms with van der Waals surface area (Å²) < 4.78 is 6.30. The highest BCUT2D eigenvalue weighted by molar-refractivity contribution is 8.04. The molecule has 6 atom stereocenters. The van der Waals surface area contributed by atoms with Crippen molar-refractivity contribution in [2.75, 3.05) is 18.5 Å². The van der Waals surface area contributed by atoms with Crippen LogP contribution < -0.4 is 9.64 Å². The number of fused-ring (bicyclic) bond motifs is 3. The van der Waals surface area contributed by atoms with Gasteiger partial charge in [0.15, 0.2) is 0 Å². The van der Waals surface area contributed by atoms with E-state index < -0.39 is 0 Å². The topological polar surface area (TPSA) is 65.5 Å². The number of carbonyl (C=O) groups excluding carboxylic acids is 2. The van der Waals surface area contributed by atoms with Crippen molar-refractivity contribution in [3.63, 3.8) is 0 Å². The van der Waals surface area contributed by atoms with E-state index in [1.165, 1.54) is 24.6 Å². The van der Waals surface area contributed by atoms with Crippen LogP contribution in [0, 0.1) is 5.92 Å². The third-order valence-corrected chi connectivity index (χ3v) is 9.25. The lowest BCUT2D eigenvalue weighted by Crippen LogP contribution is -2.44. The Morgan fingerprint density at radius 1 is 1.03 bits per heavy atom. The van der Waals surface area contributed by atoms with Crippen molar-refractivity contribution in [1.82, 2.24) is 9.80 Å². The molecule has 5 heterocycles. The predicted octanol–water partition coefficient (Wildman–Crippen LogP) is 3.26. The minimum absolute atomic E-state index is 0.00602. The quantitative estimate of drug-likeness (QED) is 0.682. The third-order valence-electron chi connectivity index (χ3n) is 7.92. The lowest BCUT2D eigenvalue weighted by Gasteiger charge is -2.36. The molecule has 5 aliphatic rings. The van der Waals surface area contributed by atoms with Crippen molar-refractivity contribution in [3.05, 3.63) is 35.4 Å². The minimum atomic E-state index is -0.320. The van der Waals surface area contributed by atoms with Crippen LogP contribution in [-0.2, 0) is 9.59 Å². The molecule has 4 unspecified atom stereocenters. The summed E-state index contributed by atoms with van der Waals surface area (Å²) in [7, 11) is 2.24. The van der Waals surface area contributed by atoms with Gasteiger partial charge in [-0.2, -0.15) is 0 Å². The average molecular weight is 467 g/mol. The average Bonchev–Trinajstić information content (AvgIpc) is 3.43. The van der Waals surface area contributed by atoms with Gasteiger partial charge >= 0.3 is 0 Å². The van der Waals surface area contributed by atoms with Crippen LogP contribution in [0.25, 0.3) is 0 Å². The van der Waals surface area contributed by atoms with Crippen LogP contribution >= 0.6 is 11.8 Å². The molecule has 0 saturated carbocycles. The first-order valence-corrected chi connectivity index (χ1v) is 12.9. The number of amides is 2.